The number of hydrogen-bond acceptors (Lipinski definition) is 2. The Morgan fingerprint density at radius 1 is 1.25 bits per heavy atom. The van der Waals surface area contributed by atoms with Crippen LogP contribution in [0.25, 0.3) is 0 Å². The second-order valence-corrected chi connectivity index (χ2v) is 7.63. The average Bonchev–Trinajstić information content (AvgIpc) is 2.33. The number of nitrogens with one attached hydrogen (secondary N) is 1. The molecule has 20 heavy (non-hydrogen) atoms. The van der Waals surface area contributed by atoms with E-state index in [1.807, 2.05) is 6.92 Å². The number of hydrogen-bond donors (Lipinski definition) is 2. The van der Waals surface area contributed by atoms with Gasteiger partial charge < -0.3 is 16.0 Å². The molecule has 0 atom stereocenters. The highest BCUT2D eigenvalue weighted by Crippen LogP contribution is 2.55. The van der Waals surface area contributed by atoms with Crippen molar-refractivity contribution in [2.75, 3.05) is 13.1 Å². The minimum Gasteiger partial charge on any atom is -0.392 e. The quantitative estimate of drug-likeness (QED) is 0.782. The van der Waals surface area contributed by atoms with E-state index in [1.54, 1.807) is 4.90 Å². The Balaban J connectivity index is 1.67. The first-order chi connectivity index (χ1) is 9.49. The standard InChI is InChI=1S/C15H25N3OS/c1-2-18(9-13(16)20)14(19)17-15-6-10-3-11(7-15)5-12(4-10)8-15/h10-12H,2-9H2,1H3,(H2,16,20)(H,17,19). The lowest BCUT2D eigenvalue weighted by atomic mass is 9.53. The maximum absolute atomic E-state index is 12.5. The van der Waals surface area contributed by atoms with Gasteiger partial charge in [0.2, 0.25) is 0 Å². The summed E-state index contributed by atoms with van der Waals surface area (Å²) in [5, 5.41) is 3.35. The third kappa shape index (κ3) is 2.65. The highest BCUT2D eigenvalue weighted by Gasteiger charge is 2.51. The van der Waals surface area contributed by atoms with Crippen LogP contribution >= 0.6 is 12.2 Å². The summed E-state index contributed by atoms with van der Waals surface area (Å²) in [4.78, 5) is 14.6. The van der Waals surface area contributed by atoms with Crippen LogP contribution in [-0.2, 0) is 0 Å². The Labute approximate surface area is 126 Å². The first-order valence-corrected chi connectivity index (χ1v) is 8.26. The van der Waals surface area contributed by atoms with Gasteiger partial charge in [-0.3, -0.25) is 0 Å². The van der Waals surface area contributed by atoms with Crippen molar-refractivity contribution in [2.24, 2.45) is 23.5 Å². The van der Waals surface area contributed by atoms with E-state index < -0.39 is 0 Å². The highest BCUT2D eigenvalue weighted by molar-refractivity contribution is 7.80. The molecular weight excluding hydrogens is 270 g/mol. The van der Waals surface area contributed by atoms with Gasteiger partial charge in [-0.2, -0.15) is 0 Å². The van der Waals surface area contributed by atoms with E-state index in [-0.39, 0.29) is 11.6 Å². The van der Waals surface area contributed by atoms with Crippen LogP contribution in [0.2, 0.25) is 0 Å². The summed E-state index contributed by atoms with van der Waals surface area (Å²) in [6.45, 7) is 3.00. The van der Waals surface area contributed by atoms with Gasteiger partial charge in [0.1, 0.15) is 0 Å². The third-order valence-corrected chi connectivity index (χ3v) is 5.56. The molecule has 4 aliphatic rings. The summed E-state index contributed by atoms with van der Waals surface area (Å²) < 4.78 is 0. The van der Waals surface area contributed by atoms with Gasteiger partial charge >= 0.3 is 6.03 Å². The third-order valence-electron chi connectivity index (χ3n) is 5.43. The Hall–Kier alpha value is -0.840. The van der Waals surface area contributed by atoms with Crippen molar-refractivity contribution in [1.82, 2.24) is 10.2 Å². The molecule has 4 nitrogen and oxygen atoms in total. The number of rotatable bonds is 4. The molecule has 2 amide bonds. The SMILES string of the molecule is CCN(CC(N)=S)C(=O)NC12CC3CC(CC(C3)C1)C2. The lowest BCUT2D eigenvalue weighted by Crippen LogP contribution is -2.62. The molecular formula is C15H25N3OS. The number of thiocarbonyl (C=S) groups is 1. The number of likely N-dealkylation sites (N-methyl/N-ethyl adjacent to an activating group) is 1. The number of amides is 2. The molecule has 112 valence electrons. The molecule has 0 unspecified atom stereocenters. The zero-order chi connectivity index (χ0) is 14.3. The first-order valence-electron chi connectivity index (χ1n) is 7.85. The van der Waals surface area contributed by atoms with Crippen LogP contribution in [0.15, 0.2) is 0 Å². The van der Waals surface area contributed by atoms with Gasteiger partial charge in [-0.15, -0.1) is 0 Å². The fraction of sp³-hybridized carbons (Fsp3) is 0.867. The molecule has 0 aromatic rings. The summed E-state index contributed by atoms with van der Waals surface area (Å²) in [5.74, 6) is 2.52. The van der Waals surface area contributed by atoms with Crippen molar-refractivity contribution in [1.29, 1.82) is 0 Å². The van der Waals surface area contributed by atoms with E-state index in [0.717, 1.165) is 17.8 Å². The van der Waals surface area contributed by atoms with Crippen molar-refractivity contribution >= 4 is 23.2 Å². The second kappa shape index (κ2) is 5.17. The van der Waals surface area contributed by atoms with Gasteiger partial charge in [0, 0.05) is 12.1 Å². The van der Waals surface area contributed by atoms with Crippen molar-refractivity contribution in [3.05, 3.63) is 0 Å². The van der Waals surface area contributed by atoms with Gasteiger partial charge in [0.15, 0.2) is 0 Å². The summed E-state index contributed by atoms with van der Waals surface area (Å²) >= 11 is 4.93. The fourth-order valence-electron chi connectivity index (χ4n) is 5.08. The van der Waals surface area contributed by atoms with Gasteiger partial charge in [0.25, 0.3) is 0 Å². The number of nitrogens with two attached hydrogens (primary N) is 1. The zero-order valence-electron chi connectivity index (χ0n) is 12.2. The Morgan fingerprint density at radius 2 is 1.75 bits per heavy atom. The molecule has 4 bridgehead atoms. The lowest BCUT2D eigenvalue weighted by molar-refractivity contribution is -0.0153. The van der Waals surface area contributed by atoms with Crippen molar-refractivity contribution in [2.45, 2.75) is 51.0 Å². The smallest absolute Gasteiger partial charge is 0.318 e. The van der Waals surface area contributed by atoms with Crippen LogP contribution in [0.4, 0.5) is 4.79 Å². The average molecular weight is 295 g/mol. The van der Waals surface area contributed by atoms with Crippen LogP contribution in [0, 0.1) is 17.8 Å². The van der Waals surface area contributed by atoms with Crippen LogP contribution < -0.4 is 11.1 Å². The number of carbonyl (C=O) groups excluding carboxylic acids is 1. The maximum atomic E-state index is 12.5. The summed E-state index contributed by atoms with van der Waals surface area (Å²) in [6.07, 6.45) is 7.69. The maximum Gasteiger partial charge on any atom is 0.318 e. The summed E-state index contributed by atoms with van der Waals surface area (Å²) in [5.41, 5.74) is 5.64. The normalized spacial score (nSPS) is 37.8. The van der Waals surface area contributed by atoms with Gasteiger partial charge in [-0.25, -0.2) is 4.79 Å². The van der Waals surface area contributed by atoms with E-state index in [9.17, 15) is 4.79 Å². The van der Waals surface area contributed by atoms with E-state index in [4.69, 9.17) is 18.0 Å². The minimum atomic E-state index is 0.0160. The second-order valence-electron chi connectivity index (χ2n) is 7.11. The number of nitrogens with zero attached hydrogens (tertiary/aromatic N) is 1. The molecule has 0 saturated heterocycles. The van der Waals surface area contributed by atoms with Crippen molar-refractivity contribution in [3.63, 3.8) is 0 Å². The van der Waals surface area contributed by atoms with Crippen LogP contribution in [0.5, 0.6) is 0 Å². The van der Waals surface area contributed by atoms with Gasteiger partial charge in [0.05, 0.1) is 11.5 Å². The first kappa shape index (κ1) is 14.1. The molecule has 0 spiro atoms. The topological polar surface area (TPSA) is 58.4 Å². The molecule has 0 aromatic carbocycles. The monoisotopic (exact) mass is 295 g/mol. The summed E-state index contributed by atoms with van der Waals surface area (Å²) in [6, 6.07) is 0.0160. The van der Waals surface area contributed by atoms with Crippen LogP contribution in [0.3, 0.4) is 0 Å². The summed E-state index contributed by atoms with van der Waals surface area (Å²) in [7, 11) is 0. The van der Waals surface area contributed by atoms with Crippen LogP contribution in [-0.4, -0.2) is 34.5 Å². The molecule has 0 heterocycles. The van der Waals surface area contributed by atoms with Gasteiger partial charge in [-0.05, 0) is 63.2 Å². The predicted octanol–water partition coefficient (Wildman–Crippen LogP) is 2.27. The highest BCUT2D eigenvalue weighted by atomic mass is 32.1. The van der Waals surface area contributed by atoms with E-state index >= 15 is 0 Å². The van der Waals surface area contributed by atoms with E-state index in [2.05, 4.69) is 5.32 Å². The molecule has 4 rings (SSSR count). The largest absolute Gasteiger partial charge is 0.392 e. The molecule has 5 heteroatoms. The van der Waals surface area contributed by atoms with E-state index in [0.29, 0.717) is 18.1 Å². The molecule has 4 aliphatic carbocycles. The van der Waals surface area contributed by atoms with Gasteiger partial charge in [-0.1, -0.05) is 12.2 Å². The van der Waals surface area contributed by atoms with Crippen molar-refractivity contribution in [3.8, 4) is 0 Å². The molecule has 0 aliphatic heterocycles. The van der Waals surface area contributed by atoms with Crippen LogP contribution in [0.1, 0.15) is 45.4 Å². The zero-order valence-corrected chi connectivity index (χ0v) is 13.0. The van der Waals surface area contributed by atoms with Crippen molar-refractivity contribution < 1.29 is 4.79 Å². The molecule has 4 saturated carbocycles. The fourth-order valence-corrected chi connectivity index (χ4v) is 5.24. The molecule has 4 fully saturated rings. The lowest BCUT2D eigenvalue weighted by Gasteiger charge is -2.57. The number of carbonyl (C=O) groups is 1. The Kier molecular flexibility index (Phi) is 3.65. The Morgan fingerprint density at radius 3 is 2.15 bits per heavy atom. The molecule has 0 aromatic heterocycles. The predicted molar refractivity (Wildman–Crippen MR) is 83.5 cm³/mol. The number of urea groups is 1. The minimum absolute atomic E-state index is 0.0160. The molecule has 3 N–H and O–H groups in total. The molecule has 0 radical (unpaired) electrons. The van der Waals surface area contributed by atoms with E-state index in [1.165, 1.54) is 38.5 Å². The Bertz CT molecular complexity index is 388.